The van der Waals surface area contributed by atoms with Crippen LogP contribution in [-0.4, -0.2) is 121 Å². The third kappa shape index (κ3) is 35.3. The molecule has 4 N–H and O–H groups in total. The number of hydrogen-bond acceptors (Lipinski definition) is 6. The van der Waals surface area contributed by atoms with Gasteiger partial charge in [0, 0.05) is 12.8 Å². The molecule has 4 unspecified atom stereocenters. The van der Waals surface area contributed by atoms with E-state index in [9.17, 15) is 36.2 Å². The van der Waals surface area contributed by atoms with Gasteiger partial charge in [-0.25, -0.2) is 0 Å². The molecule has 4 atom stereocenters. The van der Waals surface area contributed by atoms with Crippen molar-refractivity contribution < 1.29 is 45.1 Å². The summed E-state index contributed by atoms with van der Waals surface area (Å²) in [6, 6.07) is 0. The lowest BCUT2D eigenvalue weighted by atomic mass is 10.0. The monoisotopic (exact) mass is 871 g/mol. The first-order valence-electron chi connectivity index (χ1n) is 24.6. The van der Waals surface area contributed by atoms with E-state index in [4.69, 9.17) is 0 Å². The van der Waals surface area contributed by atoms with Gasteiger partial charge in [-0.1, -0.05) is 168 Å². The van der Waals surface area contributed by atoms with Crippen molar-refractivity contribution in [1.29, 1.82) is 0 Å². The maximum atomic E-state index is 11.6. The molecule has 0 spiro atoms. The Bertz CT molecular complexity index is 1050. The average molecular weight is 871 g/mol. The first kappa shape index (κ1) is 57.7. The van der Waals surface area contributed by atoms with E-state index >= 15 is 0 Å². The molecule has 12 heteroatoms. The molecule has 0 aliphatic carbocycles. The maximum Gasteiger partial charge on any atom is 0.267 e. The molecule has 0 radical (unpaired) electrons. The predicted molar refractivity (Wildman–Crippen MR) is 246 cm³/mol. The fourth-order valence-corrected chi connectivity index (χ4v) is 10.3. The van der Waals surface area contributed by atoms with Crippen LogP contribution in [0.1, 0.15) is 220 Å². The van der Waals surface area contributed by atoms with Gasteiger partial charge < -0.3 is 19.2 Å². The zero-order valence-electron chi connectivity index (χ0n) is 38.6. The Morgan fingerprint density at radius 2 is 0.534 bits per heavy atom. The molecular formula is C46H98N2O8S2+2. The number of unbranched alkanes of at least 4 members (excludes halogenated alkanes) is 27. The Kier molecular flexibility index (Phi) is 36.0. The van der Waals surface area contributed by atoms with Gasteiger partial charge in [-0.15, -0.1) is 0 Å². The Morgan fingerprint density at radius 1 is 0.345 bits per heavy atom. The Morgan fingerprint density at radius 3 is 0.724 bits per heavy atom. The number of nitrogens with zero attached hydrogens (tertiary/aromatic N) is 2. The fourth-order valence-electron chi connectivity index (χ4n) is 9.14. The Hall–Kier alpha value is -0.340. The molecular weight excluding hydrogens is 773 g/mol. The van der Waals surface area contributed by atoms with Crippen molar-refractivity contribution in [3.05, 3.63) is 0 Å². The van der Waals surface area contributed by atoms with Gasteiger partial charge in [0.1, 0.15) is 36.8 Å². The van der Waals surface area contributed by atoms with Crippen LogP contribution < -0.4 is 0 Å². The molecule has 10 nitrogen and oxygen atoms in total. The van der Waals surface area contributed by atoms with Gasteiger partial charge in [-0.3, -0.25) is 9.11 Å². The lowest BCUT2D eigenvalue weighted by Crippen LogP contribution is -2.56. The largest absolute Gasteiger partial charge is 0.386 e. The van der Waals surface area contributed by atoms with Crippen molar-refractivity contribution in [3.63, 3.8) is 0 Å². The molecule has 0 aliphatic rings. The Labute approximate surface area is 360 Å². The van der Waals surface area contributed by atoms with E-state index in [2.05, 4.69) is 27.7 Å². The molecule has 0 aliphatic heterocycles. The van der Waals surface area contributed by atoms with Gasteiger partial charge in [0.2, 0.25) is 0 Å². The number of aliphatic hydroxyl groups excluding tert-OH is 2. The molecule has 0 heterocycles. The molecule has 0 rings (SSSR count). The molecule has 0 aromatic rings. The maximum absolute atomic E-state index is 11.6. The minimum absolute atomic E-state index is 0.272. The van der Waals surface area contributed by atoms with Crippen LogP contribution in [0.15, 0.2) is 0 Å². The summed E-state index contributed by atoms with van der Waals surface area (Å²) >= 11 is 0. The van der Waals surface area contributed by atoms with Crippen LogP contribution in [0.2, 0.25) is 0 Å². The van der Waals surface area contributed by atoms with E-state index in [1.54, 1.807) is 0 Å². The molecule has 0 saturated carbocycles. The highest BCUT2D eigenvalue weighted by Crippen LogP contribution is 2.21. The van der Waals surface area contributed by atoms with Crippen LogP contribution in [0.4, 0.5) is 0 Å². The number of aliphatic hydroxyl groups is 2. The van der Waals surface area contributed by atoms with Crippen molar-refractivity contribution in [1.82, 2.24) is 0 Å². The van der Waals surface area contributed by atoms with E-state index in [1.165, 1.54) is 154 Å². The summed E-state index contributed by atoms with van der Waals surface area (Å²) in [6.07, 6.45) is 35.2. The standard InChI is InChI=1S/C46H96N2O8S2/c1-5-9-11-13-15-17-19-21-23-25-27-29-31-33-37-47(7-3,41-45(49)43-57(51,52)53)39-35-36-40-48(8-4,42-46(50)44-58(54,55)56)38-34-32-30-28-26-24-22-20-18-16-14-12-10-6-2/h45-46,49-50H,5-44H2,1-4H3/p+2. The van der Waals surface area contributed by atoms with E-state index in [0.29, 0.717) is 8.97 Å². The van der Waals surface area contributed by atoms with E-state index in [-0.39, 0.29) is 13.1 Å². The van der Waals surface area contributed by atoms with Gasteiger partial charge >= 0.3 is 0 Å². The minimum atomic E-state index is -4.30. The first-order valence-corrected chi connectivity index (χ1v) is 27.8. The summed E-state index contributed by atoms with van der Waals surface area (Å²) in [5.41, 5.74) is 0. The summed E-state index contributed by atoms with van der Waals surface area (Å²) in [5, 5.41) is 21.6. The highest BCUT2D eigenvalue weighted by atomic mass is 32.2. The van der Waals surface area contributed by atoms with E-state index < -0.39 is 43.9 Å². The normalized spacial score (nSPS) is 15.7. The smallest absolute Gasteiger partial charge is 0.267 e. The molecule has 0 saturated heterocycles. The molecule has 0 fully saturated rings. The van der Waals surface area contributed by atoms with E-state index in [0.717, 1.165) is 77.8 Å². The highest BCUT2D eigenvalue weighted by Gasteiger charge is 2.33. The second-order valence-electron chi connectivity index (χ2n) is 18.3. The summed E-state index contributed by atoms with van der Waals surface area (Å²) in [6.45, 7) is 14.0. The van der Waals surface area contributed by atoms with Gasteiger partial charge in [0.25, 0.3) is 20.2 Å². The molecule has 0 amide bonds. The number of hydrogen-bond donors (Lipinski definition) is 4. The second kappa shape index (κ2) is 36.2. The number of quaternary nitrogens is 2. The van der Waals surface area contributed by atoms with E-state index in [1.807, 2.05) is 0 Å². The van der Waals surface area contributed by atoms with Gasteiger partial charge in [0.05, 0.1) is 39.3 Å². The van der Waals surface area contributed by atoms with Gasteiger partial charge in [-0.2, -0.15) is 16.8 Å². The fraction of sp³-hybridized carbons (Fsp3) is 1.00. The molecule has 0 aromatic heterocycles. The average Bonchev–Trinajstić information content (AvgIpc) is 3.14. The topological polar surface area (TPSA) is 149 Å². The van der Waals surface area contributed by atoms with Crippen molar-refractivity contribution in [3.8, 4) is 0 Å². The highest BCUT2D eigenvalue weighted by molar-refractivity contribution is 7.86. The van der Waals surface area contributed by atoms with Crippen molar-refractivity contribution in [2.75, 3.05) is 63.9 Å². The van der Waals surface area contributed by atoms with Crippen LogP contribution in [0, 0.1) is 0 Å². The van der Waals surface area contributed by atoms with Crippen LogP contribution >= 0.6 is 0 Å². The van der Waals surface area contributed by atoms with Crippen LogP contribution in [0.3, 0.4) is 0 Å². The van der Waals surface area contributed by atoms with Crippen molar-refractivity contribution in [2.45, 2.75) is 233 Å². The minimum Gasteiger partial charge on any atom is -0.386 e. The van der Waals surface area contributed by atoms with Gasteiger partial charge in [0.15, 0.2) is 0 Å². The molecule has 0 bridgehead atoms. The molecule has 58 heavy (non-hydrogen) atoms. The zero-order chi connectivity index (χ0) is 43.4. The quantitative estimate of drug-likeness (QED) is 0.0268. The predicted octanol–water partition coefficient (Wildman–Crippen LogP) is 10.9. The summed E-state index contributed by atoms with van der Waals surface area (Å²) in [5.74, 6) is -1.32. The zero-order valence-corrected chi connectivity index (χ0v) is 40.2. The second-order valence-corrected chi connectivity index (χ2v) is 21.3. The molecule has 0 aromatic carbocycles. The Balaban J connectivity index is 5.09. The van der Waals surface area contributed by atoms with Crippen LogP contribution in [-0.2, 0) is 20.2 Å². The van der Waals surface area contributed by atoms with Gasteiger partial charge in [-0.05, 0) is 39.5 Å². The summed E-state index contributed by atoms with van der Waals surface area (Å²) in [4.78, 5) is 0. The SMILES string of the molecule is CCCCCCCCCCCCCCCC[N+](CC)(CCCC[N+](CC)(CCCCCCCCCCCCCCCC)CC(O)CS(=O)(=O)O)CC(O)CS(=O)(=O)O. The van der Waals surface area contributed by atoms with Crippen LogP contribution in [0.5, 0.6) is 0 Å². The molecule has 350 valence electrons. The lowest BCUT2D eigenvalue weighted by Gasteiger charge is -2.41. The summed E-state index contributed by atoms with van der Waals surface area (Å²) < 4.78 is 66.7. The first-order chi connectivity index (χ1) is 27.7. The summed E-state index contributed by atoms with van der Waals surface area (Å²) in [7, 11) is -8.60. The van der Waals surface area contributed by atoms with Crippen molar-refractivity contribution >= 4 is 20.2 Å². The van der Waals surface area contributed by atoms with Crippen LogP contribution in [0.25, 0.3) is 0 Å². The number of likely N-dealkylation sites (N-methyl/N-ethyl adjacent to an activating group) is 2. The van der Waals surface area contributed by atoms with Crippen molar-refractivity contribution in [2.24, 2.45) is 0 Å². The third-order valence-corrected chi connectivity index (χ3v) is 14.4. The third-order valence-electron chi connectivity index (χ3n) is 12.8. The lowest BCUT2D eigenvalue weighted by molar-refractivity contribution is -0.935. The number of rotatable bonds is 45.